The van der Waals surface area contributed by atoms with Gasteiger partial charge in [0.25, 0.3) is 0 Å². The number of amides is 1. The van der Waals surface area contributed by atoms with Crippen LogP contribution in [-0.4, -0.2) is 47.9 Å². The maximum Gasteiger partial charge on any atom is 0.338 e. The van der Waals surface area contributed by atoms with E-state index in [9.17, 15) is 9.59 Å². The lowest BCUT2D eigenvalue weighted by Crippen LogP contribution is -2.50. The summed E-state index contributed by atoms with van der Waals surface area (Å²) in [5, 5.41) is 1.09. The molecule has 158 valence electrons. The third kappa shape index (κ3) is 3.68. The van der Waals surface area contributed by atoms with Gasteiger partial charge in [-0.3, -0.25) is 14.7 Å². The average molecular weight is 415 g/mol. The number of ether oxygens (including phenoxy) is 1. The summed E-state index contributed by atoms with van der Waals surface area (Å²) < 4.78 is 5.15. The SMILES string of the molecule is Cc1cnc2cc(N3CCN(CCc4ccc5c(c4C)COC5=O)CC3=O)ccc2c1. The largest absolute Gasteiger partial charge is 0.457 e. The van der Waals surface area contributed by atoms with E-state index in [1.807, 2.05) is 48.4 Å². The van der Waals surface area contributed by atoms with Crippen molar-refractivity contribution in [2.24, 2.45) is 0 Å². The van der Waals surface area contributed by atoms with Crippen molar-refractivity contribution in [2.75, 3.05) is 31.1 Å². The van der Waals surface area contributed by atoms with Crippen molar-refractivity contribution in [1.29, 1.82) is 0 Å². The number of nitrogens with zero attached hydrogens (tertiary/aromatic N) is 3. The maximum atomic E-state index is 12.9. The summed E-state index contributed by atoms with van der Waals surface area (Å²) in [6, 6.07) is 12.0. The van der Waals surface area contributed by atoms with Gasteiger partial charge in [-0.1, -0.05) is 12.1 Å². The van der Waals surface area contributed by atoms with Gasteiger partial charge >= 0.3 is 5.97 Å². The van der Waals surface area contributed by atoms with Crippen molar-refractivity contribution in [3.05, 3.63) is 70.4 Å². The fourth-order valence-electron chi connectivity index (χ4n) is 4.52. The molecule has 1 amide bonds. The zero-order valence-electron chi connectivity index (χ0n) is 17.9. The van der Waals surface area contributed by atoms with E-state index in [-0.39, 0.29) is 11.9 Å². The number of esters is 1. The predicted molar refractivity (Wildman–Crippen MR) is 119 cm³/mol. The first kappa shape index (κ1) is 19.7. The van der Waals surface area contributed by atoms with Crippen LogP contribution >= 0.6 is 0 Å². The highest BCUT2D eigenvalue weighted by atomic mass is 16.5. The number of piperazine rings is 1. The summed E-state index contributed by atoms with van der Waals surface area (Å²) in [7, 11) is 0. The van der Waals surface area contributed by atoms with Gasteiger partial charge < -0.3 is 9.64 Å². The number of fused-ring (bicyclic) bond motifs is 2. The number of aromatic nitrogens is 1. The third-order valence-corrected chi connectivity index (χ3v) is 6.39. The molecule has 0 aliphatic carbocycles. The molecule has 1 aromatic heterocycles. The summed E-state index contributed by atoms with van der Waals surface area (Å²) in [4.78, 5) is 33.2. The highest BCUT2D eigenvalue weighted by molar-refractivity contribution is 5.97. The second-order valence-corrected chi connectivity index (χ2v) is 8.41. The molecule has 5 rings (SSSR count). The summed E-state index contributed by atoms with van der Waals surface area (Å²) in [6.45, 7) is 7.16. The van der Waals surface area contributed by atoms with Crippen LogP contribution in [0.3, 0.4) is 0 Å². The van der Waals surface area contributed by atoms with Gasteiger partial charge in [0.15, 0.2) is 0 Å². The topological polar surface area (TPSA) is 62.7 Å². The van der Waals surface area contributed by atoms with E-state index >= 15 is 0 Å². The van der Waals surface area contributed by atoms with Crippen LogP contribution in [0.15, 0.2) is 42.6 Å². The van der Waals surface area contributed by atoms with Crippen molar-refractivity contribution < 1.29 is 14.3 Å². The van der Waals surface area contributed by atoms with Crippen LogP contribution in [0, 0.1) is 13.8 Å². The van der Waals surface area contributed by atoms with E-state index in [2.05, 4.69) is 22.9 Å². The van der Waals surface area contributed by atoms with Crippen LogP contribution in [0.25, 0.3) is 10.9 Å². The summed E-state index contributed by atoms with van der Waals surface area (Å²) in [5.41, 5.74) is 6.98. The number of benzene rings is 2. The lowest BCUT2D eigenvalue weighted by molar-refractivity contribution is -0.121. The van der Waals surface area contributed by atoms with Gasteiger partial charge in [0, 0.05) is 42.5 Å². The monoisotopic (exact) mass is 415 g/mol. The van der Waals surface area contributed by atoms with E-state index in [0.717, 1.165) is 52.8 Å². The van der Waals surface area contributed by atoms with E-state index in [1.165, 1.54) is 5.56 Å². The smallest absolute Gasteiger partial charge is 0.338 e. The number of cyclic esters (lactones) is 1. The molecule has 2 aliphatic heterocycles. The molecule has 2 aliphatic rings. The quantitative estimate of drug-likeness (QED) is 0.611. The van der Waals surface area contributed by atoms with Crippen molar-refractivity contribution in [3.63, 3.8) is 0 Å². The molecule has 0 atom stereocenters. The Labute approximate surface area is 181 Å². The number of hydrogen-bond donors (Lipinski definition) is 0. The van der Waals surface area contributed by atoms with Crippen LogP contribution in [0.5, 0.6) is 0 Å². The summed E-state index contributed by atoms with van der Waals surface area (Å²) >= 11 is 0. The maximum absolute atomic E-state index is 12.9. The Balaban J connectivity index is 1.24. The Bertz CT molecular complexity index is 1200. The first-order valence-corrected chi connectivity index (χ1v) is 10.7. The van der Waals surface area contributed by atoms with Gasteiger partial charge in [-0.15, -0.1) is 0 Å². The molecule has 0 saturated carbocycles. The Hall–Kier alpha value is -3.25. The highest BCUT2D eigenvalue weighted by Crippen LogP contribution is 2.27. The molecular formula is C25H25N3O3. The van der Waals surface area contributed by atoms with E-state index in [0.29, 0.717) is 25.3 Å². The van der Waals surface area contributed by atoms with E-state index in [1.54, 1.807) is 0 Å². The molecule has 6 nitrogen and oxygen atoms in total. The standard InChI is InChI=1S/C25H25N3O3/c1-16-11-19-3-5-20(12-23(19)26-13-16)28-10-9-27(14-24(28)29)8-7-18-4-6-21-22(17(18)2)15-31-25(21)30/h3-6,11-13H,7-10,14-15H2,1-2H3. The number of carbonyl (C=O) groups excluding carboxylic acids is 2. The lowest BCUT2D eigenvalue weighted by atomic mass is 9.96. The molecule has 0 spiro atoms. The van der Waals surface area contributed by atoms with Crippen LogP contribution in [0.1, 0.15) is 32.6 Å². The number of anilines is 1. The van der Waals surface area contributed by atoms with Gasteiger partial charge in [-0.25, -0.2) is 4.79 Å². The highest BCUT2D eigenvalue weighted by Gasteiger charge is 2.26. The van der Waals surface area contributed by atoms with Crippen LogP contribution < -0.4 is 4.90 Å². The first-order valence-electron chi connectivity index (χ1n) is 10.7. The molecule has 0 bridgehead atoms. The minimum absolute atomic E-state index is 0.113. The first-order chi connectivity index (χ1) is 15.0. The Morgan fingerprint density at radius 1 is 1.06 bits per heavy atom. The van der Waals surface area contributed by atoms with Crippen LogP contribution in [-0.2, 0) is 22.6 Å². The van der Waals surface area contributed by atoms with Crippen LogP contribution in [0.2, 0.25) is 0 Å². The molecule has 0 N–H and O–H groups in total. The Morgan fingerprint density at radius 2 is 1.94 bits per heavy atom. The molecule has 2 aromatic carbocycles. The van der Waals surface area contributed by atoms with Crippen molar-refractivity contribution in [2.45, 2.75) is 26.9 Å². The van der Waals surface area contributed by atoms with E-state index < -0.39 is 0 Å². The van der Waals surface area contributed by atoms with Crippen molar-refractivity contribution in [3.8, 4) is 0 Å². The molecule has 0 radical (unpaired) electrons. The zero-order chi connectivity index (χ0) is 21.5. The number of carbonyl (C=O) groups is 2. The second kappa shape index (κ2) is 7.78. The van der Waals surface area contributed by atoms with Gasteiger partial charge in [-0.2, -0.15) is 0 Å². The Morgan fingerprint density at radius 3 is 2.77 bits per heavy atom. The molecular weight excluding hydrogens is 390 g/mol. The minimum Gasteiger partial charge on any atom is -0.457 e. The van der Waals surface area contributed by atoms with Crippen molar-refractivity contribution in [1.82, 2.24) is 9.88 Å². The van der Waals surface area contributed by atoms with Gasteiger partial charge in [0.2, 0.25) is 5.91 Å². The molecule has 1 saturated heterocycles. The number of hydrogen-bond acceptors (Lipinski definition) is 5. The zero-order valence-corrected chi connectivity index (χ0v) is 17.9. The lowest BCUT2D eigenvalue weighted by Gasteiger charge is -2.34. The predicted octanol–water partition coefficient (Wildman–Crippen LogP) is 3.41. The average Bonchev–Trinajstić information content (AvgIpc) is 3.14. The van der Waals surface area contributed by atoms with Gasteiger partial charge in [0.1, 0.15) is 6.61 Å². The van der Waals surface area contributed by atoms with Gasteiger partial charge in [-0.05, 0) is 61.2 Å². The number of pyridine rings is 1. The normalized spacial score (nSPS) is 16.6. The number of rotatable bonds is 4. The van der Waals surface area contributed by atoms with Crippen LogP contribution in [0.4, 0.5) is 5.69 Å². The molecule has 1 fully saturated rings. The molecule has 3 aromatic rings. The van der Waals surface area contributed by atoms with Crippen molar-refractivity contribution >= 4 is 28.5 Å². The fraction of sp³-hybridized carbons (Fsp3) is 0.320. The fourth-order valence-corrected chi connectivity index (χ4v) is 4.52. The molecule has 0 unspecified atom stereocenters. The third-order valence-electron chi connectivity index (χ3n) is 6.39. The second-order valence-electron chi connectivity index (χ2n) is 8.41. The summed E-state index contributed by atoms with van der Waals surface area (Å²) in [6.07, 6.45) is 2.70. The molecule has 3 heterocycles. The Kier molecular flexibility index (Phi) is 4.94. The van der Waals surface area contributed by atoms with Gasteiger partial charge in [0.05, 0.1) is 17.6 Å². The number of aryl methyl sites for hydroxylation is 1. The minimum atomic E-state index is -0.231. The molecule has 31 heavy (non-hydrogen) atoms. The van der Waals surface area contributed by atoms with E-state index in [4.69, 9.17) is 4.74 Å². The summed E-state index contributed by atoms with van der Waals surface area (Å²) in [5.74, 6) is -0.118. The molecule has 6 heteroatoms.